The number of hydrogen-bond acceptors (Lipinski definition) is 1. The van der Waals surface area contributed by atoms with Crippen LogP contribution >= 0.6 is 47.2 Å². The summed E-state index contributed by atoms with van der Waals surface area (Å²) in [5.41, 5.74) is 1.00. The lowest BCUT2D eigenvalue weighted by molar-refractivity contribution is 0.688. The molecule has 1 aromatic rings. The molecule has 0 aliphatic carbocycles. The number of rotatable bonds is 4. The lowest BCUT2D eigenvalue weighted by Crippen LogP contribution is -2.38. The largest absolute Gasteiger partial charge is 0.357 e. The van der Waals surface area contributed by atoms with Gasteiger partial charge in [-0.3, -0.25) is 4.99 Å². The van der Waals surface area contributed by atoms with Gasteiger partial charge >= 0.3 is 0 Å². The molecule has 108 valence electrons. The Bertz CT molecular complexity index is 424. The number of hydrogen-bond donors (Lipinski definition) is 2. The summed E-state index contributed by atoms with van der Waals surface area (Å²) in [6, 6.07) is 5.59. The van der Waals surface area contributed by atoms with Gasteiger partial charge in [-0.1, -0.05) is 29.3 Å². The zero-order valence-corrected chi connectivity index (χ0v) is 15.2. The Hall–Kier alpha value is -0.200. The van der Waals surface area contributed by atoms with Gasteiger partial charge in [0.2, 0.25) is 0 Å². The molecule has 3 nitrogen and oxygen atoms in total. The van der Waals surface area contributed by atoms with E-state index in [4.69, 9.17) is 23.2 Å². The first-order valence-electron chi connectivity index (χ1n) is 6.08. The van der Waals surface area contributed by atoms with E-state index in [1.54, 1.807) is 6.07 Å². The van der Waals surface area contributed by atoms with Crippen LogP contribution in [0.25, 0.3) is 0 Å². The second-order valence-corrected chi connectivity index (χ2v) is 4.73. The van der Waals surface area contributed by atoms with Crippen LogP contribution in [0.15, 0.2) is 23.2 Å². The minimum atomic E-state index is 0. The van der Waals surface area contributed by atoms with Gasteiger partial charge in [0.1, 0.15) is 0 Å². The van der Waals surface area contributed by atoms with E-state index < -0.39 is 0 Å². The van der Waals surface area contributed by atoms with Crippen LogP contribution in [-0.2, 0) is 0 Å². The van der Waals surface area contributed by atoms with Crippen molar-refractivity contribution in [2.45, 2.75) is 26.8 Å². The van der Waals surface area contributed by atoms with Gasteiger partial charge < -0.3 is 10.6 Å². The maximum absolute atomic E-state index is 6.18. The van der Waals surface area contributed by atoms with Crippen molar-refractivity contribution in [1.82, 2.24) is 10.6 Å². The average Bonchev–Trinajstić information content (AvgIpc) is 2.29. The summed E-state index contributed by atoms with van der Waals surface area (Å²) in [6.07, 6.45) is 0. The first-order valence-corrected chi connectivity index (χ1v) is 6.83. The molecule has 6 heteroatoms. The fraction of sp³-hybridized carbons (Fsp3) is 0.462. The van der Waals surface area contributed by atoms with E-state index in [0.717, 1.165) is 24.6 Å². The Morgan fingerprint density at radius 1 is 1.32 bits per heavy atom. The second kappa shape index (κ2) is 9.66. The minimum Gasteiger partial charge on any atom is -0.357 e. The van der Waals surface area contributed by atoms with Gasteiger partial charge in [0, 0.05) is 23.1 Å². The van der Waals surface area contributed by atoms with Crippen molar-refractivity contribution in [3.63, 3.8) is 0 Å². The van der Waals surface area contributed by atoms with E-state index in [0.29, 0.717) is 10.0 Å². The summed E-state index contributed by atoms with van der Waals surface area (Å²) >= 11 is 12.1. The van der Waals surface area contributed by atoms with Crippen LogP contribution in [0.1, 0.15) is 32.4 Å². The van der Waals surface area contributed by atoms with E-state index >= 15 is 0 Å². The smallest absolute Gasteiger partial charge is 0.191 e. The normalized spacial score (nSPS) is 12.6. The summed E-state index contributed by atoms with van der Waals surface area (Å²) in [5.74, 6) is 0.790. The molecule has 0 radical (unpaired) electrons. The highest BCUT2D eigenvalue weighted by Gasteiger charge is 2.11. The number of halogens is 3. The van der Waals surface area contributed by atoms with Crippen LogP contribution in [0.5, 0.6) is 0 Å². The van der Waals surface area contributed by atoms with Crippen molar-refractivity contribution >= 4 is 53.1 Å². The molecular formula is C13H20Cl2IN3. The number of nitrogens with zero attached hydrogens (tertiary/aromatic N) is 1. The van der Waals surface area contributed by atoms with E-state index in [2.05, 4.69) is 15.6 Å². The third-order valence-corrected chi connectivity index (χ3v) is 3.01. The first kappa shape index (κ1) is 18.8. The Morgan fingerprint density at radius 3 is 2.53 bits per heavy atom. The SMILES string of the molecule is CCN=C(NCC)NC(C)c1ccc(Cl)cc1Cl.I. The quantitative estimate of drug-likeness (QED) is 0.438. The zero-order chi connectivity index (χ0) is 13.5. The number of guanidine groups is 1. The maximum Gasteiger partial charge on any atom is 0.191 e. The second-order valence-electron chi connectivity index (χ2n) is 3.89. The van der Waals surface area contributed by atoms with Crippen molar-refractivity contribution in [3.05, 3.63) is 33.8 Å². The molecule has 0 bridgehead atoms. The number of benzene rings is 1. The molecule has 0 aliphatic heterocycles. The molecule has 0 aliphatic rings. The van der Waals surface area contributed by atoms with Gasteiger partial charge in [-0.15, -0.1) is 24.0 Å². The van der Waals surface area contributed by atoms with Crippen LogP contribution in [0.2, 0.25) is 10.0 Å². The zero-order valence-electron chi connectivity index (χ0n) is 11.3. The summed E-state index contributed by atoms with van der Waals surface area (Å²) < 4.78 is 0. The van der Waals surface area contributed by atoms with Crippen molar-refractivity contribution in [3.8, 4) is 0 Å². The monoisotopic (exact) mass is 415 g/mol. The average molecular weight is 416 g/mol. The van der Waals surface area contributed by atoms with Gasteiger partial charge in [0.25, 0.3) is 0 Å². The Labute approximate surface area is 142 Å². The Morgan fingerprint density at radius 2 is 2.00 bits per heavy atom. The maximum atomic E-state index is 6.18. The molecule has 0 aromatic heterocycles. The van der Waals surface area contributed by atoms with Crippen molar-refractivity contribution in [2.24, 2.45) is 4.99 Å². The van der Waals surface area contributed by atoms with E-state index in [1.165, 1.54) is 0 Å². The van der Waals surface area contributed by atoms with Gasteiger partial charge in [-0.25, -0.2) is 0 Å². The third-order valence-electron chi connectivity index (χ3n) is 2.44. The standard InChI is InChI=1S/C13H19Cl2N3.HI/c1-4-16-13(17-5-2)18-9(3)11-7-6-10(14)8-12(11)15;/h6-9H,4-5H2,1-3H3,(H2,16,17,18);1H. The van der Waals surface area contributed by atoms with Crippen LogP contribution < -0.4 is 10.6 Å². The molecule has 2 N–H and O–H groups in total. The summed E-state index contributed by atoms with van der Waals surface area (Å²) in [5, 5.41) is 7.80. The van der Waals surface area contributed by atoms with Gasteiger partial charge in [0.05, 0.1) is 6.04 Å². The third kappa shape index (κ3) is 6.19. The molecule has 0 heterocycles. The number of nitrogens with one attached hydrogen (secondary N) is 2. The van der Waals surface area contributed by atoms with Crippen molar-refractivity contribution in [2.75, 3.05) is 13.1 Å². The minimum absolute atomic E-state index is 0. The first-order chi connectivity index (χ1) is 8.58. The van der Waals surface area contributed by atoms with Crippen LogP contribution in [0, 0.1) is 0 Å². The molecule has 1 rings (SSSR count). The molecular weight excluding hydrogens is 396 g/mol. The highest BCUT2D eigenvalue weighted by Crippen LogP contribution is 2.25. The topological polar surface area (TPSA) is 36.4 Å². The van der Waals surface area contributed by atoms with E-state index in [-0.39, 0.29) is 30.0 Å². The van der Waals surface area contributed by atoms with Crippen molar-refractivity contribution in [1.29, 1.82) is 0 Å². The Balaban J connectivity index is 0.00000324. The highest BCUT2D eigenvalue weighted by molar-refractivity contribution is 14.0. The van der Waals surface area contributed by atoms with Crippen LogP contribution in [0.3, 0.4) is 0 Å². The summed E-state index contributed by atoms with van der Waals surface area (Å²) in [4.78, 5) is 4.35. The fourth-order valence-corrected chi connectivity index (χ4v) is 2.19. The van der Waals surface area contributed by atoms with Gasteiger partial charge in [-0.05, 0) is 38.5 Å². The van der Waals surface area contributed by atoms with E-state index in [1.807, 2.05) is 32.9 Å². The molecule has 1 atom stereocenters. The molecule has 19 heavy (non-hydrogen) atoms. The van der Waals surface area contributed by atoms with Gasteiger partial charge in [-0.2, -0.15) is 0 Å². The highest BCUT2D eigenvalue weighted by atomic mass is 127. The van der Waals surface area contributed by atoms with Crippen LogP contribution in [0.4, 0.5) is 0 Å². The van der Waals surface area contributed by atoms with Crippen LogP contribution in [-0.4, -0.2) is 19.0 Å². The molecule has 0 fully saturated rings. The lowest BCUT2D eigenvalue weighted by atomic mass is 10.1. The predicted molar refractivity (Wildman–Crippen MR) is 95.1 cm³/mol. The predicted octanol–water partition coefficient (Wildman–Crippen LogP) is 4.25. The molecule has 1 unspecified atom stereocenters. The molecule has 0 amide bonds. The molecule has 0 saturated carbocycles. The fourth-order valence-electron chi connectivity index (χ4n) is 1.61. The molecule has 0 saturated heterocycles. The molecule has 0 spiro atoms. The van der Waals surface area contributed by atoms with Crippen molar-refractivity contribution < 1.29 is 0 Å². The van der Waals surface area contributed by atoms with Gasteiger partial charge in [0.15, 0.2) is 5.96 Å². The summed E-state index contributed by atoms with van der Waals surface area (Å²) in [7, 11) is 0. The lowest BCUT2D eigenvalue weighted by Gasteiger charge is -2.19. The number of aliphatic imine (C=N–C) groups is 1. The Kier molecular flexibility index (Phi) is 9.56. The van der Waals surface area contributed by atoms with E-state index in [9.17, 15) is 0 Å². The molecule has 1 aromatic carbocycles. The summed E-state index contributed by atoms with van der Waals surface area (Å²) in [6.45, 7) is 7.63.